The summed E-state index contributed by atoms with van der Waals surface area (Å²) in [5, 5.41) is 6.56. The minimum absolute atomic E-state index is 0.104. The number of carbonyl (C=O) groups excluding carboxylic acids is 3. The van der Waals surface area contributed by atoms with Crippen molar-refractivity contribution in [3.8, 4) is 0 Å². The predicted molar refractivity (Wildman–Crippen MR) is 125 cm³/mol. The Morgan fingerprint density at radius 1 is 0.903 bits per heavy atom. The number of urea groups is 1. The predicted octanol–water partition coefficient (Wildman–Crippen LogP) is 5.10. The summed E-state index contributed by atoms with van der Waals surface area (Å²) in [5.74, 6) is -0.330. The van der Waals surface area contributed by atoms with Crippen LogP contribution in [0.2, 0.25) is 0 Å². The Kier molecular flexibility index (Phi) is 8.71. The van der Waals surface area contributed by atoms with Gasteiger partial charge in [0.05, 0.1) is 6.04 Å². The average molecular weight is 436 g/mol. The van der Waals surface area contributed by atoms with Crippen LogP contribution in [0.5, 0.6) is 0 Å². The van der Waals surface area contributed by atoms with Gasteiger partial charge in [-0.3, -0.25) is 14.5 Å². The van der Waals surface area contributed by atoms with Gasteiger partial charge in [-0.05, 0) is 53.9 Å². The molecule has 1 spiro atoms. The molecule has 0 radical (unpaired) electrons. The largest absolute Gasteiger partial charge is 0.325 e. The molecular formula is C25H45N3O3. The van der Waals surface area contributed by atoms with Crippen molar-refractivity contribution in [1.29, 1.82) is 0 Å². The maximum atomic E-state index is 13.5. The molecule has 3 amide bonds. The quantitative estimate of drug-likeness (QED) is 0.330. The zero-order valence-corrected chi connectivity index (χ0v) is 20.7. The van der Waals surface area contributed by atoms with Crippen LogP contribution in [0.1, 0.15) is 119 Å². The summed E-state index contributed by atoms with van der Waals surface area (Å²) < 4.78 is 0. The lowest BCUT2D eigenvalue weighted by atomic mass is 9.70. The lowest BCUT2D eigenvalue weighted by Crippen LogP contribution is -2.68. The molecule has 0 bridgehead atoms. The number of Topliss-reactive ketones (excluding diaryl/α,β-unsaturated/α-hetero) is 1. The number of nitrogens with zero attached hydrogens (tertiary/aromatic N) is 1. The number of unbranched alkanes of at least 4 members (excludes halogenated alkanes) is 8. The molecule has 2 N–H and O–H groups in total. The fraction of sp³-hybridized carbons (Fsp3) is 0.880. The van der Waals surface area contributed by atoms with Gasteiger partial charge >= 0.3 is 6.03 Å². The summed E-state index contributed by atoms with van der Waals surface area (Å²) in [7, 11) is 0. The van der Waals surface area contributed by atoms with Crippen molar-refractivity contribution in [3.05, 3.63) is 0 Å². The summed E-state index contributed by atoms with van der Waals surface area (Å²) in [5.41, 5.74) is -1.51. The van der Waals surface area contributed by atoms with Crippen LogP contribution < -0.4 is 10.6 Å². The van der Waals surface area contributed by atoms with E-state index in [9.17, 15) is 14.4 Å². The van der Waals surface area contributed by atoms with Crippen molar-refractivity contribution < 1.29 is 14.4 Å². The molecule has 6 nitrogen and oxygen atoms in total. The van der Waals surface area contributed by atoms with Gasteiger partial charge in [0.2, 0.25) is 0 Å². The van der Waals surface area contributed by atoms with Crippen molar-refractivity contribution in [1.82, 2.24) is 15.5 Å². The smallest absolute Gasteiger partial charge is 0.323 e. The second-order valence-corrected chi connectivity index (χ2v) is 11.2. The summed E-state index contributed by atoms with van der Waals surface area (Å²) in [6.07, 6.45) is 12.3. The van der Waals surface area contributed by atoms with E-state index in [1.54, 1.807) is 0 Å². The van der Waals surface area contributed by atoms with Crippen LogP contribution in [0.15, 0.2) is 0 Å². The maximum Gasteiger partial charge on any atom is 0.325 e. The van der Waals surface area contributed by atoms with Crippen molar-refractivity contribution in [2.75, 3.05) is 0 Å². The summed E-state index contributed by atoms with van der Waals surface area (Å²) >= 11 is 0. The van der Waals surface area contributed by atoms with Gasteiger partial charge in [0.15, 0.2) is 5.78 Å². The highest BCUT2D eigenvalue weighted by Gasteiger charge is 2.59. The molecule has 2 aliphatic heterocycles. The molecule has 2 rings (SSSR count). The average Bonchev–Trinajstić information content (AvgIpc) is 2.83. The first-order valence-electron chi connectivity index (χ1n) is 12.4. The third-order valence-corrected chi connectivity index (χ3v) is 6.72. The van der Waals surface area contributed by atoms with E-state index >= 15 is 0 Å². The topological polar surface area (TPSA) is 78.5 Å². The number of imide groups is 1. The highest BCUT2D eigenvalue weighted by atomic mass is 16.2. The van der Waals surface area contributed by atoms with Crippen molar-refractivity contribution in [2.45, 2.75) is 141 Å². The molecule has 178 valence electrons. The number of ketones is 1. The molecule has 2 fully saturated rings. The van der Waals surface area contributed by atoms with Crippen LogP contribution in [0.3, 0.4) is 0 Å². The van der Waals surface area contributed by atoms with Gasteiger partial charge in [0, 0.05) is 11.1 Å². The Hall–Kier alpha value is -1.43. The molecule has 1 atom stereocenters. The Bertz CT molecular complexity index is 640. The maximum absolute atomic E-state index is 13.5. The molecule has 0 aliphatic carbocycles. The highest BCUT2D eigenvalue weighted by molar-refractivity contribution is 6.10. The van der Waals surface area contributed by atoms with Gasteiger partial charge in [-0.2, -0.15) is 0 Å². The molecule has 0 aromatic heterocycles. The molecule has 2 saturated heterocycles. The first-order chi connectivity index (χ1) is 14.4. The normalized spacial score (nSPS) is 22.6. The first kappa shape index (κ1) is 25.8. The van der Waals surface area contributed by atoms with Crippen LogP contribution in [0.25, 0.3) is 0 Å². The second kappa shape index (κ2) is 10.5. The number of rotatable bonds is 12. The Labute approximate surface area is 189 Å². The number of nitrogens with one attached hydrogen (secondary N) is 2. The SMILES string of the molecule is CCCCCCCCCCCC(C(C)=O)N1C(=O)NC2(CC(C)(C)NC(C)(C)C2)C1=O. The minimum Gasteiger partial charge on any atom is -0.323 e. The molecular weight excluding hydrogens is 390 g/mol. The van der Waals surface area contributed by atoms with E-state index in [0.717, 1.165) is 19.3 Å². The molecule has 0 aromatic carbocycles. The van der Waals surface area contributed by atoms with Gasteiger partial charge in [-0.25, -0.2) is 4.79 Å². The van der Waals surface area contributed by atoms with E-state index in [2.05, 4.69) is 45.3 Å². The van der Waals surface area contributed by atoms with E-state index in [-0.39, 0.29) is 22.8 Å². The Morgan fingerprint density at radius 2 is 1.39 bits per heavy atom. The summed E-state index contributed by atoms with van der Waals surface area (Å²) in [4.78, 5) is 40.1. The zero-order chi connectivity index (χ0) is 23.3. The van der Waals surface area contributed by atoms with Crippen LogP contribution >= 0.6 is 0 Å². The Morgan fingerprint density at radius 3 is 1.87 bits per heavy atom. The molecule has 0 aromatic rings. The van der Waals surface area contributed by atoms with Crippen molar-refractivity contribution in [3.63, 3.8) is 0 Å². The zero-order valence-electron chi connectivity index (χ0n) is 20.7. The molecule has 0 saturated carbocycles. The number of hydrogen-bond donors (Lipinski definition) is 2. The Balaban J connectivity index is 1.95. The fourth-order valence-corrected chi connectivity index (χ4v) is 5.90. The second-order valence-electron chi connectivity index (χ2n) is 11.2. The van der Waals surface area contributed by atoms with Crippen LogP contribution in [0.4, 0.5) is 4.79 Å². The highest BCUT2D eigenvalue weighted by Crippen LogP contribution is 2.40. The van der Waals surface area contributed by atoms with E-state index in [1.807, 2.05) is 0 Å². The minimum atomic E-state index is -0.929. The van der Waals surface area contributed by atoms with Crippen LogP contribution in [-0.4, -0.2) is 45.3 Å². The van der Waals surface area contributed by atoms with Crippen LogP contribution in [0, 0.1) is 0 Å². The number of hydrogen-bond acceptors (Lipinski definition) is 4. The number of amides is 3. The van der Waals surface area contributed by atoms with Crippen molar-refractivity contribution >= 4 is 17.7 Å². The van der Waals surface area contributed by atoms with E-state index in [1.165, 1.54) is 50.3 Å². The molecule has 1 unspecified atom stereocenters. The van der Waals surface area contributed by atoms with Crippen LogP contribution in [-0.2, 0) is 9.59 Å². The molecule has 2 heterocycles. The standard InChI is InChI=1S/C25H45N3O3/c1-7-8-9-10-11-12-13-14-15-16-20(19(2)29)28-21(30)25(26-22(28)31)17-23(3,4)27-24(5,6)18-25/h20,27H,7-18H2,1-6H3,(H,26,31). The summed E-state index contributed by atoms with van der Waals surface area (Å²) in [6, 6.07) is -1.06. The fourth-order valence-electron chi connectivity index (χ4n) is 5.90. The van der Waals surface area contributed by atoms with E-state index in [4.69, 9.17) is 0 Å². The summed E-state index contributed by atoms with van der Waals surface area (Å²) in [6.45, 7) is 12.0. The van der Waals surface area contributed by atoms with Gasteiger partial charge < -0.3 is 10.6 Å². The van der Waals surface area contributed by atoms with Gasteiger partial charge in [0.1, 0.15) is 5.54 Å². The van der Waals surface area contributed by atoms with Gasteiger partial charge in [0.25, 0.3) is 5.91 Å². The van der Waals surface area contributed by atoms with E-state index < -0.39 is 17.6 Å². The third-order valence-electron chi connectivity index (χ3n) is 6.72. The van der Waals surface area contributed by atoms with Gasteiger partial charge in [-0.15, -0.1) is 0 Å². The molecule has 31 heavy (non-hydrogen) atoms. The molecule has 6 heteroatoms. The first-order valence-corrected chi connectivity index (χ1v) is 12.4. The third kappa shape index (κ3) is 6.77. The van der Waals surface area contributed by atoms with Gasteiger partial charge in [-0.1, -0.05) is 64.7 Å². The lowest BCUT2D eigenvalue weighted by molar-refractivity contribution is -0.139. The molecule has 2 aliphatic rings. The lowest BCUT2D eigenvalue weighted by Gasteiger charge is -2.50. The van der Waals surface area contributed by atoms with E-state index in [0.29, 0.717) is 19.3 Å². The van der Waals surface area contributed by atoms with Crippen molar-refractivity contribution in [2.24, 2.45) is 0 Å². The number of carbonyl (C=O) groups is 3. The number of piperidine rings is 1. The monoisotopic (exact) mass is 435 g/mol.